The number of piperidine rings is 1. The number of nitrogens with zero attached hydrogens (tertiary/aromatic N) is 3. The van der Waals surface area contributed by atoms with Gasteiger partial charge in [0.15, 0.2) is 6.10 Å². The molecule has 2 fully saturated rings. The zero-order valence-corrected chi connectivity index (χ0v) is 17.0. The molecule has 0 aromatic heterocycles. The molecular weight excluding hydrogens is 389 g/mol. The normalized spacial score (nSPS) is 19.0. The van der Waals surface area contributed by atoms with Crippen LogP contribution >= 0.6 is 23.2 Å². The number of carbonyl (C=O) groups is 2. The van der Waals surface area contributed by atoms with Crippen LogP contribution in [0.3, 0.4) is 0 Å². The van der Waals surface area contributed by atoms with E-state index in [2.05, 4.69) is 0 Å². The predicted octanol–water partition coefficient (Wildman–Crippen LogP) is 3.51. The van der Waals surface area contributed by atoms with Crippen molar-refractivity contribution in [2.75, 3.05) is 39.3 Å². The summed E-state index contributed by atoms with van der Waals surface area (Å²) in [7, 11) is 0. The number of rotatable bonds is 3. The fraction of sp³-hybridized carbons (Fsp3) is 0.579. The van der Waals surface area contributed by atoms with E-state index in [1.54, 1.807) is 30.0 Å². The number of hydrogen-bond donors (Lipinski definition) is 0. The number of likely N-dealkylation sites (tertiary alicyclic amines) is 1. The Balaban J connectivity index is 1.50. The van der Waals surface area contributed by atoms with Gasteiger partial charge in [-0.3, -0.25) is 4.79 Å². The Kier molecular flexibility index (Phi) is 6.71. The lowest BCUT2D eigenvalue weighted by Crippen LogP contribution is -2.56. The average molecular weight is 414 g/mol. The first kappa shape index (κ1) is 20.1. The van der Waals surface area contributed by atoms with E-state index < -0.39 is 6.10 Å². The fourth-order valence-electron chi connectivity index (χ4n) is 3.47. The van der Waals surface area contributed by atoms with E-state index in [0.29, 0.717) is 42.0 Å². The highest BCUT2D eigenvalue weighted by atomic mass is 35.5. The molecule has 27 heavy (non-hydrogen) atoms. The van der Waals surface area contributed by atoms with E-state index in [1.807, 2.05) is 9.80 Å². The van der Waals surface area contributed by atoms with Gasteiger partial charge in [0.05, 0.1) is 5.02 Å². The molecule has 2 heterocycles. The number of amides is 3. The molecule has 0 aliphatic carbocycles. The summed E-state index contributed by atoms with van der Waals surface area (Å²) in [6.45, 7) is 5.51. The number of urea groups is 1. The third-order valence-electron chi connectivity index (χ3n) is 5.03. The van der Waals surface area contributed by atoms with E-state index >= 15 is 0 Å². The van der Waals surface area contributed by atoms with Gasteiger partial charge >= 0.3 is 6.03 Å². The molecule has 2 aliphatic heterocycles. The second-order valence-corrected chi connectivity index (χ2v) is 7.82. The maximum absolute atomic E-state index is 12.7. The van der Waals surface area contributed by atoms with Crippen LogP contribution in [0.4, 0.5) is 4.79 Å². The van der Waals surface area contributed by atoms with Crippen LogP contribution in [0.5, 0.6) is 5.75 Å². The first-order chi connectivity index (χ1) is 13.0. The molecular formula is C19H25Cl2N3O3. The van der Waals surface area contributed by atoms with Gasteiger partial charge in [0.2, 0.25) is 0 Å². The van der Waals surface area contributed by atoms with Crippen molar-refractivity contribution in [1.82, 2.24) is 14.7 Å². The van der Waals surface area contributed by atoms with Crippen molar-refractivity contribution in [2.24, 2.45) is 0 Å². The maximum Gasteiger partial charge on any atom is 0.320 e. The minimum atomic E-state index is -0.659. The van der Waals surface area contributed by atoms with Crippen molar-refractivity contribution < 1.29 is 14.3 Å². The molecule has 1 aromatic rings. The van der Waals surface area contributed by atoms with Gasteiger partial charge in [0.25, 0.3) is 5.91 Å². The highest BCUT2D eigenvalue weighted by Crippen LogP contribution is 2.28. The van der Waals surface area contributed by atoms with Crippen molar-refractivity contribution in [1.29, 1.82) is 0 Å². The highest BCUT2D eigenvalue weighted by Gasteiger charge is 2.30. The highest BCUT2D eigenvalue weighted by molar-refractivity contribution is 6.35. The lowest BCUT2D eigenvalue weighted by Gasteiger charge is -2.39. The first-order valence-electron chi connectivity index (χ1n) is 9.40. The van der Waals surface area contributed by atoms with Gasteiger partial charge in [0, 0.05) is 44.3 Å². The molecule has 0 saturated carbocycles. The standard InChI is InChI=1S/C19H25Cl2N3O3/c1-14(27-17-6-5-15(20)13-16(17)21)18(25)22-9-11-24(12-10-22)19(26)23-7-3-2-4-8-23/h5-6,13-14H,2-4,7-12H2,1H3/t14-/m1/s1. The van der Waals surface area contributed by atoms with Crippen LogP contribution < -0.4 is 4.74 Å². The van der Waals surface area contributed by atoms with Crippen LogP contribution in [-0.4, -0.2) is 72.0 Å². The number of carbonyl (C=O) groups excluding carboxylic acids is 2. The summed E-state index contributed by atoms with van der Waals surface area (Å²) in [6, 6.07) is 5.01. The van der Waals surface area contributed by atoms with E-state index in [0.717, 1.165) is 25.9 Å². The van der Waals surface area contributed by atoms with Gasteiger partial charge in [-0.2, -0.15) is 0 Å². The second kappa shape index (κ2) is 9.02. The Morgan fingerprint density at radius 1 is 0.926 bits per heavy atom. The van der Waals surface area contributed by atoms with Gasteiger partial charge < -0.3 is 19.4 Å². The van der Waals surface area contributed by atoms with Crippen LogP contribution in [0, 0.1) is 0 Å². The summed E-state index contributed by atoms with van der Waals surface area (Å²) < 4.78 is 5.71. The SMILES string of the molecule is C[C@@H](Oc1ccc(Cl)cc1Cl)C(=O)N1CCN(C(=O)N2CCCCC2)CC1. The fourth-order valence-corrected chi connectivity index (χ4v) is 3.93. The minimum absolute atomic E-state index is 0.0963. The number of halogens is 2. The minimum Gasteiger partial charge on any atom is -0.479 e. The molecule has 6 nitrogen and oxygen atoms in total. The third kappa shape index (κ3) is 4.99. The number of benzene rings is 1. The molecule has 0 unspecified atom stereocenters. The predicted molar refractivity (Wildman–Crippen MR) is 106 cm³/mol. The molecule has 3 amide bonds. The molecule has 0 spiro atoms. The Labute approximate surface area is 169 Å². The number of piperazine rings is 1. The van der Waals surface area contributed by atoms with E-state index in [-0.39, 0.29) is 11.9 Å². The van der Waals surface area contributed by atoms with Crippen LogP contribution in [-0.2, 0) is 4.79 Å². The zero-order valence-electron chi connectivity index (χ0n) is 15.5. The Morgan fingerprint density at radius 3 is 2.15 bits per heavy atom. The van der Waals surface area contributed by atoms with E-state index in [9.17, 15) is 9.59 Å². The smallest absolute Gasteiger partial charge is 0.320 e. The van der Waals surface area contributed by atoms with Gasteiger partial charge in [-0.25, -0.2) is 4.79 Å². The van der Waals surface area contributed by atoms with E-state index in [1.165, 1.54) is 6.42 Å². The summed E-state index contributed by atoms with van der Waals surface area (Å²) in [6.07, 6.45) is 2.69. The Morgan fingerprint density at radius 2 is 1.52 bits per heavy atom. The maximum atomic E-state index is 12.7. The van der Waals surface area contributed by atoms with Crippen LogP contribution in [0.15, 0.2) is 18.2 Å². The zero-order chi connectivity index (χ0) is 19.4. The summed E-state index contributed by atoms with van der Waals surface area (Å²) in [5.74, 6) is 0.326. The van der Waals surface area contributed by atoms with Crippen LogP contribution in [0.1, 0.15) is 26.2 Å². The number of hydrogen-bond acceptors (Lipinski definition) is 3. The monoisotopic (exact) mass is 413 g/mol. The van der Waals surface area contributed by atoms with Crippen molar-refractivity contribution in [2.45, 2.75) is 32.3 Å². The average Bonchev–Trinajstić information content (AvgIpc) is 2.69. The van der Waals surface area contributed by atoms with E-state index in [4.69, 9.17) is 27.9 Å². The van der Waals surface area contributed by atoms with Crippen molar-refractivity contribution in [3.8, 4) is 5.75 Å². The summed E-state index contributed by atoms with van der Waals surface area (Å²) >= 11 is 12.0. The van der Waals surface area contributed by atoms with Gasteiger partial charge in [0.1, 0.15) is 5.75 Å². The van der Waals surface area contributed by atoms with Crippen molar-refractivity contribution in [3.63, 3.8) is 0 Å². The lowest BCUT2D eigenvalue weighted by atomic mass is 10.1. The van der Waals surface area contributed by atoms with Gasteiger partial charge in [-0.15, -0.1) is 0 Å². The van der Waals surface area contributed by atoms with Gasteiger partial charge in [-0.05, 0) is 44.4 Å². The molecule has 2 saturated heterocycles. The topological polar surface area (TPSA) is 53.1 Å². The molecule has 0 N–H and O–H groups in total. The summed E-state index contributed by atoms with van der Waals surface area (Å²) in [5.41, 5.74) is 0. The van der Waals surface area contributed by atoms with Crippen LogP contribution in [0.2, 0.25) is 10.0 Å². The lowest BCUT2D eigenvalue weighted by molar-refractivity contribution is -0.139. The molecule has 3 rings (SSSR count). The van der Waals surface area contributed by atoms with Crippen LogP contribution in [0.25, 0.3) is 0 Å². The third-order valence-corrected chi connectivity index (χ3v) is 5.56. The second-order valence-electron chi connectivity index (χ2n) is 6.98. The summed E-state index contributed by atoms with van der Waals surface area (Å²) in [4.78, 5) is 30.8. The molecule has 2 aliphatic rings. The number of ether oxygens (including phenoxy) is 1. The Hall–Kier alpha value is -1.66. The Bertz CT molecular complexity index is 687. The molecule has 8 heteroatoms. The largest absolute Gasteiger partial charge is 0.479 e. The molecule has 148 valence electrons. The molecule has 1 aromatic carbocycles. The molecule has 0 bridgehead atoms. The first-order valence-corrected chi connectivity index (χ1v) is 10.2. The summed E-state index contributed by atoms with van der Waals surface area (Å²) in [5, 5.41) is 0.889. The molecule has 0 radical (unpaired) electrons. The molecule has 1 atom stereocenters. The van der Waals surface area contributed by atoms with Crippen molar-refractivity contribution in [3.05, 3.63) is 28.2 Å². The van der Waals surface area contributed by atoms with Crippen molar-refractivity contribution >= 4 is 35.1 Å². The van der Waals surface area contributed by atoms with Gasteiger partial charge in [-0.1, -0.05) is 23.2 Å². The quantitative estimate of drug-likeness (QED) is 0.761.